The van der Waals surface area contributed by atoms with Crippen LogP contribution in [0.4, 0.5) is 5.82 Å². The average molecular weight is 271 g/mol. The van der Waals surface area contributed by atoms with Crippen molar-refractivity contribution < 1.29 is 14.7 Å². The first-order valence-electron chi connectivity index (χ1n) is 6.05. The molecule has 6 nitrogen and oxygen atoms in total. The van der Waals surface area contributed by atoms with Crippen LogP contribution in [0.5, 0.6) is 0 Å². The number of rotatable bonds is 5. The Balaban J connectivity index is 1.97. The van der Waals surface area contributed by atoms with Crippen molar-refractivity contribution in [3.63, 3.8) is 0 Å². The Morgan fingerprint density at radius 2 is 1.90 bits per heavy atom. The van der Waals surface area contributed by atoms with Gasteiger partial charge in [0.15, 0.2) is 0 Å². The molecule has 0 radical (unpaired) electrons. The first-order valence-corrected chi connectivity index (χ1v) is 6.05. The quantitative estimate of drug-likeness (QED) is 0.864. The van der Waals surface area contributed by atoms with Crippen molar-refractivity contribution >= 4 is 17.7 Å². The van der Waals surface area contributed by atoms with Gasteiger partial charge in [0.1, 0.15) is 11.4 Å². The number of carboxylic acid groups (broad SMARTS) is 1. The van der Waals surface area contributed by atoms with E-state index >= 15 is 0 Å². The van der Waals surface area contributed by atoms with E-state index in [1.54, 1.807) is 12.3 Å². The van der Waals surface area contributed by atoms with Gasteiger partial charge < -0.3 is 10.4 Å². The summed E-state index contributed by atoms with van der Waals surface area (Å²) in [6.45, 7) is 0. The first kappa shape index (κ1) is 13.7. The summed E-state index contributed by atoms with van der Waals surface area (Å²) in [7, 11) is 0. The number of hydrogen-bond donors (Lipinski definition) is 2. The number of pyridine rings is 2. The molecule has 6 heteroatoms. The second-order valence-electron chi connectivity index (χ2n) is 4.07. The molecular weight excluding hydrogens is 258 g/mol. The van der Waals surface area contributed by atoms with Gasteiger partial charge in [0.25, 0.3) is 0 Å². The van der Waals surface area contributed by atoms with E-state index < -0.39 is 5.97 Å². The second-order valence-corrected chi connectivity index (χ2v) is 4.07. The minimum absolute atomic E-state index is 0.0290. The highest BCUT2D eigenvalue weighted by Crippen LogP contribution is 2.11. The first-order chi connectivity index (χ1) is 9.66. The van der Waals surface area contributed by atoms with Gasteiger partial charge >= 0.3 is 5.97 Å². The number of amides is 1. The SMILES string of the molecule is O=C(CCc1ccccn1)Nc1ncccc1C(=O)O. The molecular formula is C14H13N3O3. The van der Waals surface area contributed by atoms with Gasteiger partial charge in [0.05, 0.1) is 0 Å². The van der Waals surface area contributed by atoms with Gasteiger partial charge in [-0.05, 0) is 30.7 Å². The Kier molecular flexibility index (Phi) is 4.39. The van der Waals surface area contributed by atoms with Crippen molar-refractivity contribution in [3.05, 3.63) is 54.0 Å². The Morgan fingerprint density at radius 3 is 2.60 bits per heavy atom. The lowest BCUT2D eigenvalue weighted by Gasteiger charge is -2.06. The van der Waals surface area contributed by atoms with E-state index in [1.165, 1.54) is 18.3 Å². The Bertz CT molecular complexity index is 614. The van der Waals surface area contributed by atoms with Crippen LogP contribution in [-0.2, 0) is 11.2 Å². The number of carbonyl (C=O) groups is 2. The molecule has 20 heavy (non-hydrogen) atoms. The topological polar surface area (TPSA) is 92.2 Å². The van der Waals surface area contributed by atoms with E-state index in [2.05, 4.69) is 15.3 Å². The molecule has 0 fully saturated rings. The van der Waals surface area contributed by atoms with Gasteiger partial charge in [0.2, 0.25) is 5.91 Å². The van der Waals surface area contributed by atoms with Crippen LogP contribution in [0.15, 0.2) is 42.7 Å². The fourth-order valence-electron chi connectivity index (χ4n) is 1.66. The fraction of sp³-hybridized carbons (Fsp3) is 0.143. The van der Waals surface area contributed by atoms with Crippen molar-refractivity contribution in [3.8, 4) is 0 Å². The number of nitrogens with one attached hydrogen (secondary N) is 1. The van der Waals surface area contributed by atoms with Gasteiger partial charge in [0, 0.05) is 24.5 Å². The summed E-state index contributed by atoms with van der Waals surface area (Å²) in [4.78, 5) is 30.8. The fourth-order valence-corrected chi connectivity index (χ4v) is 1.66. The van der Waals surface area contributed by atoms with E-state index in [9.17, 15) is 9.59 Å². The molecule has 2 rings (SSSR count). The third-order valence-corrected chi connectivity index (χ3v) is 2.63. The van der Waals surface area contributed by atoms with Gasteiger partial charge in [-0.15, -0.1) is 0 Å². The summed E-state index contributed by atoms with van der Waals surface area (Å²) in [6.07, 6.45) is 3.80. The average Bonchev–Trinajstić information content (AvgIpc) is 2.46. The number of aromatic nitrogens is 2. The van der Waals surface area contributed by atoms with Crippen molar-refractivity contribution in [2.45, 2.75) is 12.8 Å². The number of anilines is 1. The summed E-state index contributed by atoms with van der Waals surface area (Å²) in [6, 6.07) is 8.38. The number of nitrogens with zero attached hydrogens (tertiary/aromatic N) is 2. The molecule has 102 valence electrons. The number of hydrogen-bond acceptors (Lipinski definition) is 4. The van der Waals surface area contributed by atoms with Gasteiger partial charge in [-0.1, -0.05) is 6.07 Å². The van der Waals surface area contributed by atoms with Crippen molar-refractivity contribution in [1.29, 1.82) is 0 Å². The van der Waals surface area contributed by atoms with Crippen molar-refractivity contribution in [2.75, 3.05) is 5.32 Å². The van der Waals surface area contributed by atoms with Crippen molar-refractivity contribution in [1.82, 2.24) is 9.97 Å². The number of carboxylic acids is 1. The molecule has 2 heterocycles. The predicted molar refractivity (Wildman–Crippen MR) is 72.4 cm³/mol. The standard InChI is InChI=1S/C14H13N3O3/c18-12(7-6-10-4-1-2-8-15-10)17-13-11(14(19)20)5-3-9-16-13/h1-5,8-9H,6-7H2,(H,19,20)(H,16,17,18). The molecule has 2 N–H and O–H groups in total. The van der Waals surface area contributed by atoms with Gasteiger partial charge in [-0.2, -0.15) is 0 Å². The minimum atomic E-state index is -1.13. The zero-order chi connectivity index (χ0) is 14.4. The molecule has 0 spiro atoms. The number of carbonyl (C=O) groups excluding carboxylic acids is 1. The van der Waals surface area contributed by atoms with Gasteiger partial charge in [-0.3, -0.25) is 9.78 Å². The monoisotopic (exact) mass is 271 g/mol. The summed E-state index contributed by atoms with van der Waals surface area (Å²) in [5, 5.41) is 11.5. The summed E-state index contributed by atoms with van der Waals surface area (Å²) in [5.74, 6) is -1.36. The maximum atomic E-state index is 11.8. The third kappa shape index (κ3) is 3.61. The van der Waals surface area contributed by atoms with Crippen molar-refractivity contribution in [2.24, 2.45) is 0 Å². The molecule has 0 aliphatic heterocycles. The molecule has 0 aliphatic rings. The van der Waals surface area contributed by atoms with Crippen LogP contribution in [0.25, 0.3) is 0 Å². The highest BCUT2D eigenvalue weighted by atomic mass is 16.4. The molecule has 0 aromatic carbocycles. The number of aryl methyl sites for hydroxylation is 1. The predicted octanol–water partition coefficient (Wildman–Crippen LogP) is 1.75. The summed E-state index contributed by atoms with van der Waals surface area (Å²) in [5.41, 5.74) is 0.779. The molecule has 0 bridgehead atoms. The van der Waals surface area contributed by atoms with Crippen LogP contribution in [0.1, 0.15) is 22.5 Å². The maximum absolute atomic E-state index is 11.8. The van der Waals surface area contributed by atoms with Crippen LogP contribution in [0.2, 0.25) is 0 Å². The highest BCUT2D eigenvalue weighted by molar-refractivity contribution is 5.99. The molecule has 2 aromatic rings. The summed E-state index contributed by atoms with van der Waals surface area (Å²) < 4.78 is 0. The third-order valence-electron chi connectivity index (χ3n) is 2.63. The normalized spacial score (nSPS) is 10.0. The zero-order valence-electron chi connectivity index (χ0n) is 10.6. The van der Waals surface area contributed by atoms with E-state index in [4.69, 9.17) is 5.11 Å². The lowest BCUT2D eigenvalue weighted by molar-refractivity contribution is -0.116. The molecule has 0 atom stereocenters. The lowest BCUT2D eigenvalue weighted by Crippen LogP contribution is -2.16. The molecule has 0 unspecified atom stereocenters. The van der Waals surface area contributed by atoms with Gasteiger partial charge in [-0.25, -0.2) is 9.78 Å². The van der Waals surface area contributed by atoms with E-state index in [1.807, 2.05) is 12.1 Å². The Hall–Kier alpha value is -2.76. The second kappa shape index (κ2) is 6.42. The molecule has 1 amide bonds. The van der Waals surface area contributed by atoms with Crippen LogP contribution < -0.4 is 5.32 Å². The Morgan fingerprint density at radius 1 is 1.10 bits per heavy atom. The van der Waals surface area contributed by atoms with Crippen LogP contribution >= 0.6 is 0 Å². The van der Waals surface area contributed by atoms with E-state index in [0.717, 1.165) is 5.69 Å². The molecule has 0 saturated carbocycles. The molecule has 2 aromatic heterocycles. The van der Waals surface area contributed by atoms with E-state index in [-0.39, 0.29) is 23.7 Å². The van der Waals surface area contributed by atoms with Crippen LogP contribution in [0.3, 0.4) is 0 Å². The van der Waals surface area contributed by atoms with Crippen LogP contribution in [0, 0.1) is 0 Å². The smallest absolute Gasteiger partial charge is 0.339 e. The maximum Gasteiger partial charge on any atom is 0.339 e. The Labute approximate surface area is 115 Å². The highest BCUT2D eigenvalue weighted by Gasteiger charge is 2.13. The van der Waals surface area contributed by atoms with E-state index in [0.29, 0.717) is 6.42 Å². The number of aromatic carboxylic acids is 1. The minimum Gasteiger partial charge on any atom is -0.478 e. The summed E-state index contributed by atoms with van der Waals surface area (Å²) >= 11 is 0. The lowest BCUT2D eigenvalue weighted by atomic mass is 10.2. The largest absolute Gasteiger partial charge is 0.478 e. The molecule has 0 saturated heterocycles. The molecule has 0 aliphatic carbocycles. The zero-order valence-corrected chi connectivity index (χ0v) is 10.6. The van der Waals surface area contributed by atoms with Crippen LogP contribution in [-0.4, -0.2) is 27.0 Å².